The number of amides is 1. The maximum atomic E-state index is 11.8. The van der Waals surface area contributed by atoms with E-state index >= 15 is 0 Å². The molecule has 94 valence electrons. The number of nitrogens with two attached hydrogens (primary N) is 1. The first-order valence-corrected chi connectivity index (χ1v) is 7.73. The molecule has 17 heavy (non-hydrogen) atoms. The first kappa shape index (κ1) is 12.5. The molecule has 0 bridgehead atoms. The third-order valence-corrected chi connectivity index (χ3v) is 5.30. The van der Waals surface area contributed by atoms with Crippen molar-refractivity contribution in [3.63, 3.8) is 0 Å². The van der Waals surface area contributed by atoms with Gasteiger partial charge in [0.05, 0.1) is 6.04 Å². The Kier molecular flexibility index (Phi) is 3.24. The average Bonchev–Trinajstić information content (AvgIpc) is 2.83. The van der Waals surface area contributed by atoms with E-state index in [1.165, 1.54) is 0 Å². The lowest BCUT2D eigenvalue weighted by Gasteiger charge is -2.23. The molecule has 1 fully saturated rings. The highest BCUT2D eigenvalue weighted by molar-refractivity contribution is 7.89. The number of thiophene rings is 1. The van der Waals surface area contributed by atoms with Crippen molar-refractivity contribution in [1.82, 2.24) is 4.90 Å². The average molecular weight is 274 g/mol. The molecular formula is C10H14N2O3S2. The van der Waals surface area contributed by atoms with Crippen LogP contribution in [0.15, 0.2) is 17.5 Å². The van der Waals surface area contributed by atoms with Crippen molar-refractivity contribution in [1.29, 1.82) is 0 Å². The lowest BCUT2D eigenvalue weighted by Crippen LogP contribution is -2.33. The van der Waals surface area contributed by atoms with Gasteiger partial charge in [-0.1, -0.05) is 6.07 Å². The Balaban J connectivity index is 2.16. The van der Waals surface area contributed by atoms with Crippen LogP contribution in [0.3, 0.4) is 0 Å². The van der Waals surface area contributed by atoms with Gasteiger partial charge in [-0.2, -0.15) is 0 Å². The second-order valence-electron chi connectivity index (χ2n) is 4.15. The molecule has 2 atom stereocenters. The molecule has 2 unspecified atom stereocenters. The molecule has 1 aromatic heterocycles. The van der Waals surface area contributed by atoms with Crippen molar-refractivity contribution in [3.05, 3.63) is 22.4 Å². The van der Waals surface area contributed by atoms with Gasteiger partial charge in [0.1, 0.15) is 5.25 Å². The standard InChI is InChI=1S/C10H14N2O3S2/c1-7(9-3-2-4-16-9)12-6-8(5-10(12)13)17(11,14)15/h2-4,7-8H,5-6H2,1H3,(H2,11,14,15). The summed E-state index contributed by atoms with van der Waals surface area (Å²) in [6, 6.07) is 3.76. The van der Waals surface area contributed by atoms with Gasteiger partial charge in [-0.3, -0.25) is 4.79 Å². The monoisotopic (exact) mass is 274 g/mol. The summed E-state index contributed by atoms with van der Waals surface area (Å²) in [6.07, 6.45) is -0.00541. The number of hydrogen-bond donors (Lipinski definition) is 1. The summed E-state index contributed by atoms with van der Waals surface area (Å²) in [5, 5.41) is 6.25. The number of rotatable bonds is 3. The molecule has 1 amide bonds. The van der Waals surface area contributed by atoms with Crippen LogP contribution in [0.2, 0.25) is 0 Å². The summed E-state index contributed by atoms with van der Waals surface area (Å²) in [6.45, 7) is 2.09. The molecule has 0 aliphatic carbocycles. The van der Waals surface area contributed by atoms with Gasteiger partial charge in [0.25, 0.3) is 0 Å². The van der Waals surface area contributed by atoms with Gasteiger partial charge in [-0.15, -0.1) is 11.3 Å². The van der Waals surface area contributed by atoms with E-state index in [1.54, 1.807) is 16.2 Å². The number of primary sulfonamides is 1. The van der Waals surface area contributed by atoms with Crippen LogP contribution >= 0.6 is 11.3 Å². The van der Waals surface area contributed by atoms with Gasteiger partial charge < -0.3 is 4.90 Å². The Hall–Kier alpha value is -0.920. The normalized spacial score (nSPS) is 23.1. The third kappa shape index (κ3) is 2.51. The van der Waals surface area contributed by atoms with Crippen molar-refractivity contribution < 1.29 is 13.2 Å². The van der Waals surface area contributed by atoms with Gasteiger partial charge in [-0.25, -0.2) is 13.6 Å². The van der Waals surface area contributed by atoms with Crippen LogP contribution in [-0.4, -0.2) is 31.0 Å². The molecule has 1 aromatic rings. The Morgan fingerprint density at radius 1 is 1.59 bits per heavy atom. The minimum atomic E-state index is -3.63. The first-order chi connectivity index (χ1) is 7.89. The fourth-order valence-corrected chi connectivity index (χ4v) is 3.51. The minimum absolute atomic E-state index is 0.00541. The Morgan fingerprint density at radius 2 is 2.29 bits per heavy atom. The van der Waals surface area contributed by atoms with E-state index in [4.69, 9.17) is 5.14 Å². The fourth-order valence-electron chi connectivity index (χ4n) is 1.97. The van der Waals surface area contributed by atoms with Gasteiger partial charge in [-0.05, 0) is 18.4 Å². The highest BCUT2D eigenvalue weighted by Crippen LogP contribution is 2.29. The topological polar surface area (TPSA) is 80.5 Å². The first-order valence-electron chi connectivity index (χ1n) is 5.24. The molecule has 1 saturated heterocycles. The molecule has 5 nitrogen and oxygen atoms in total. The number of nitrogens with zero attached hydrogens (tertiary/aromatic N) is 1. The van der Waals surface area contributed by atoms with E-state index in [0.29, 0.717) is 0 Å². The lowest BCUT2D eigenvalue weighted by atomic mass is 10.2. The number of carbonyl (C=O) groups is 1. The van der Waals surface area contributed by atoms with E-state index < -0.39 is 15.3 Å². The summed E-state index contributed by atoms with van der Waals surface area (Å²) in [4.78, 5) is 14.4. The van der Waals surface area contributed by atoms with Crippen LogP contribution in [0.4, 0.5) is 0 Å². The molecule has 2 N–H and O–H groups in total. The Bertz CT molecular complexity index is 510. The van der Waals surface area contributed by atoms with Crippen molar-refractivity contribution in [2.75, 3.05) is 6.54 Å². The van der Waals surface area contributed by atoms with Crippen molar-refractivity contribution >= 4 is 27.3 Å². The largest absolute Gasteiger partial charge is 0.334 e. The minimum Gasteiger partial charge on any atom is -0.334 e. The van der Waals surface area contributed by atoms with Gasteiger partial charge in [0.2, 0.25) is 15.9 Å². The summed E-state index contributed by atoms with van der Waals surface area (Å²) in [7, 11) is -3.63. The van der Waals surface area contributed by atoms with E-state index in [2.05, 4.69) is 0 Å². The summed E-state index contributed by atoms with van der Waals surface area (Å²) in [5.74, 6) is -0.148. The zero-order chi connectivity index (χ0) is 12.6. The Morgan fingerprint density at radius 3 is 2.76 bits per heavy atom. The lowest BCUT2D eigenvalue weighted by molar-refractivity contribution is -0.129. The van der Waals surface area contributed by atoms with Crippen LogP contribution < -0.4 is 5.14 Å². The van der Waals surface area contributed by atoms with E-state index in [0.717, 1.165) is 4.88 Å². The van der Waals surface area contributed by atoms with Gasteiger partial charge >= 0.3 is 0 Å². The number of likely N-dealkylation sites (tertiary alicyclic amines) is 1. The zero-order valence-electron chi connectivity index (χ0n) is 9.37. The van der Waals surface area contributed by atoms with Crippen LogP contribution in [0.25, 0.3) is 0 Å². The molecule has 2 rings (SSSR count). The number of sulfonamides is 1. The number of hydrogen-bond acceptors (Lipinski definition) is 4. The zero-order valence-corrected chi connectivity index (χ0v) is 11.0. The van der Waals surface area contributed by atoms with Crippen LogP contribution in [0.1, 0.15) is 24.3 Å². The predicted octanol–water partition coefficient (Wildman–Crippen LogP) is 0.699. The van der Waals surface area contributed by atoms with E-state index in [9.17, 15) is 13.2 Å². The predicted molar refractivity (Wildman–Crippen MR) is 66.0 cm³/mol. The van der Waals surface area contributed by atoms with Crippen molar-refractivity contribution in [2.45, 2.75) is 24.6 Å². The molecule has 0 aromatic carbocycles. The van der Waals surface area contributed by atoms with E-state index in [-0.39, 0.29) is 24.9 Å². The van der Waals surface area contributed by atoms with Crippen LogP contribution in [0, 0.1) is 0 Å². The smallest absolute Gasteiger partial charge is 0.224 e. The Labute approximate surface area is 104 Å². The maximum absolute atomic E-state index is 11.8. The molecular weight excluding hydrogens is 260 g/mol. The van der Waals surface area contributed by atoms with Gasteiger partial charge in [0.15, 0.2) is 0 Å². The molecule has 1 aliphatic heterocycles. The third-order valence-electron chi connectivity index (χ3n) is 3.01. The van der Waals surface area contributed by atoms with Crippen molar-refractivity contribution in [3.8, 4) is 0 Å². The van der Waals surface area contributed by atoms with Crippen LogP contribution in [0.5, 0.6) is 0 Å². The summed E-state index contributed by atoms with van der Waals surface area (Å²) in [5.41, 5.74) is 0. The summed E-state index contributed by atoms with van der Waals surface area (Å²) < 4.78 is 22.5. The van der Waals surface area contributed by atoms with Crippen molar-refractivity contribution in [2.24, 2.45) is 5.14 Å². The molecule has 1 aliphatic rings. The quantitative estimate of drug-likeness (QED) is 0.881. The van der Waals surface area contributed by atoms with Gasteiger partial charge in [0, 0.05) is 17.8 Å². The molecule has 0 radical (unpaired) electrons. The SMILES string of the molecule is CC(c1cccs1)N1CC(S(N)(=O)=O)CC1=O. The van der Waals surface area contributed by atoms with E-state index in [1.807, 2.05) is 24.4 Å². The second kappa shape index (κ2) is 4.40. The summed E-state index contributed by atoms with van der Waals surface area (Å²) >= 11 is 1.55. The van der Waals surface area contributed by atoms with Crippen LogP contribution in [-0.2, 0) is 14.8 Å². The fraction of sp³-hybridized carbons (Fsp3) is 0.500. The molecule has 0 spiro atoms. The highest BCUT2D eigenvalue weighted by atomic mass is 32.2. The maximum Gasteiger partial charge on any atom is 0.224 e. The number of carbonyl (C=O) groups excluding carboxylic acids is 1. The molecule has 0 saturated carbocycles. The molecule has 7 heteroatoms. The highest BCUT2D eigenvalue weighted by Gasteiger charge is 2.38. The molecule has 2 heterocycles. The second-order valence-corrected chi connectivity index (χ2v) is 6.98.